The average molecular weight is 222 g/mol. The molecule has 82 valence electrons. The van der Waals surface area contributed by atoms with Crippen LogP contribution in [0.15, 0.2) is 24.5 Å². The number of rotatable bonds is 7. The molecule has 1 saturated carbocycles. The molecule has 0 aliphatic heterocycles. The molecule has 1 aromatic heterocycles. The molecule has 1 fully saturated rings. The molecule has 0 spiro atoms. The highest BCUT2D eigenvalue weighted by atomic mass is 32.2. The highest BCUT2D eigenvalue weighted by Crippen LogP contribution is 2.32. The molecule has 0 saturated heterocycles. The van der Waals surface area contributed by atoms with Crippen molar-refractivity contribution in [2.24, 2.45) is 5.92 Å². The van der Waals surface area contributed by atoms with Gasteiger partial charge in [0.1, 0.15) is 0 Å². The van der Waals surface area contributed by atoms with Crippen molar-refractivity contribution in [1.29, 1.82) is 0 Å². The highest BCUT2D eigenvalue weighted by molar-refractivity contribution is 7.99. The van der Waals surface area contributed by atoms with Crippen molar-refractivity contribution in [1.82, 2.24) is 10.3 Å². The molecular formula is C12H18N2S. The summed E-state index contributed by atoms with van der Waals surface area (Å²) in [4.78, 5) is 4.00. The minimum Gasteiger partial charge on any atom is -0.312 e. The summed E-state index contributed by atoms with van der Waals surface area (Å²) in [7, 11) is 0. The molecule has 15 heavy (non-hydrogen) atoms. The molecule has 1 N–H and O–H groups in total. The van der Waals surface area contributed by atoms with Crippen molar-refractivity contribution in [3.63, 3.8) is 0 Å². The van der Waals surface area contributed by atoms with Gasteiger partial charge in [-0.25, -0.2) is 0 Å². The van der Waals surface area contributed by atoms with Crippen LogP contribution in [0.3, 0.4) is 0 Å². The van der Waals surface area contributed by atoms with E-state index in [-0.39, 0.29) is 0 Å². The van der Waals surface area contributed by atoms with Gasteiger partial charge in [0.25, 0.3) is 0 Å². The SMILES string of the molecule is c1cc(CNCCSCC2CC2)ccn1. The normalized spacial score (nSPS) is 15.5. The van der Waals surface area contributed by atoms with E-state index >= 15 is 0 Å². The fourth-order valence-electron chi connectivity index (χ4n) is 1.41. The molecule has 1 aliphatic carbocycles. The largest absolute Gasteiger partial charge is 0.312 e. The Hall–Kier alpha value is -0.540. The van der Waals surface area contributed by atoms with E-state index in [0.29, 0.717) is 0 Å². The molecule has 2 nitrogen and oxygen atoms in total. The Balaban J connectivity index is 1.47. The lowest BCUT2D eigenvalue weighted by Gasteiger charge is -2.04. The van der Waals surface area contributed by atoms with Gasteiger partial charge in [0.05, 0.1) is 0 Å². The first-order chi connectivity index (χ1) is 7.45. The molecule has 0 bridgehead atoms. The smallest absolute Gasteiger partial charge is 0.0271 e. The van der Waals surface area contributed by atoms with Gasteiger partial charge >= 0.3 is 0 Å². The zero-order valence-corrected chi connectivity index (χ0v) is 9.80. The Labute approximate surface area is 95.9 Å². The van der Waals surface area contributed by atoms with Crippen molar-refractivity contribution >= 4 is 11.8 Å². The van der Waals surface area contributed by atoms with Crippen LogP contribution in [0.4, 0.5) is 0 Å². The predicted octanol–water partition coefficient (Wildman–Crippen LogP) is 2.31. The summed E-state index contributed by atoms with van der Waals surface area (Å²) < 4.78 is 0. The molecule has 0 unspecified atom stereocenters. The van der Waals surface area contributed by atoms with Gasteiger partial charge in [-0.15, -0.1) is 0 Å². The molecule has 0 atom stereocenters. The number of nitrogens with zero attached hydrogens (tertiary/aromatic N) is 1. The summed E-state index contributed by atoms with van der Waals surface area (Å²) in [5.74, 6) is 3.66. The Kier molecular flexibility index (Phi) is 4.48. The van der Waals surface area contributed by atoms with Gasteiger partial charge in [-0.1, -0.05) is 0 Å². The first-order valence-corrected chi connectivity index (χ1v) is 6.78. The minimum atomic E-state index is 0.965. The van der Waals surface area contributed by atoms with E-state index in [9.17, 15) is 0 Å². The topological polar surface area (TPSA) is 24.9 Å². The van der Waals surface area contributed by atoms with E-state index in [4.69, 9.17) is 0 Å². The third kappa shape index (κ3) is 4.67. The Morgan fingerprint density at radius 1 is 1.33 bits per heavy atom. The number of hydrogen-bond acceptors (Lipinski definition) is 3. The highest BCUT2D eigenvalue weighted by Gasteiger charge is 2.20. The zero-order valence-electron chi connectivity index (χ0n) is 8.98. The summed E-state index contributed by atoms with van der Waals surface area (Å²) in [5, 5.41) is 3.45. The lowest BCUT2D eigenvalue weighted by atomic mass is 10.3. The van der Waals surface area contributed by atoms with Gasteiger partial charge < -0.3 is 5.32 Å². The second kappa shape index (κ2) is 6.13. The third-order valence-corrected chi connectivity index (χ3v) is 3.75. The number of pyridine rings is 1. The van der Waals surface area contributed by atoms with E-state index in [2.05, 4.69) is 34.2 Å². The predicted molar refractivity (Wildman–Crippen MR) is 66.0 cm³/mol. The summed E-state index contributed by atoms with van der Waals surface area (Å²) in [6.45, 7) is 2.08. The van der Waals surface area contributed by atoms with Crippen LogP contribution in [0.2, 0.25) is 0 Å². The maximum absolute atomic E-state index is 4.00. The maximum atomic E-state index is 4.00. The zero-order chi connectivity index (χ0) is 10.3. The molecule has 0 radical (unpaired) electrons. The Bertz CT molecular complexity index is 272. The summed E-state index contributed by atoms with van der Waals surface area (Å²) in [6, 6.07) is 4.12. The van der Waals surface area contributed by atoms with Crippen LogP contribution >= 0.6 is 11.8 Å². The van der Waals surface area contributed by atoms with Gasteiger partial charge in [0.15, 0.2) is 0 Å². The first-order valence-electron chi connectivity index (χ1n) is 5.62. The fraction of sp³-hybridized carbons (Fsp3) is 0.583. The minimum absolute atomic E-state index is 0.965. The lowest BCUT2D eigenvalue weighted by molar-refractivity contribution is 0.730. The van der Waals surface area contributed by atoms with Crippen LogP contribution in [-0.2, 0) is 6.54 Å². The van der Waals surface area contributed by atoms with E-state index in [1.165, 1.54) is 29.9 Å². The lowest BCUT2D eigenvalue weighted by Crippen LogP contribution is -2.16. The van der Waals surface area contributed by atoms with E-state index in [1.54, 1.807) is 0 Å². The van der Waals surface area contributed by atoms with Crippen LogP contribution in [0, 0.1) is 5.92 Å². The molecule has 2 rings (SSSR count). The van der Waals surface area contributed by atoms with Crippen LogP contribution in [0.25, 0.3) is 0 Å². The van der Waals surface area contributed by atoms with Crippen molar-refractivity contribution in [2.45, 2.75) is 19.4 Å². The maximum Gasteiger partial charge on any atom is 0.0271 e. The Morgan fingerprint density at radius 3 is 2.87 bits per heavy atom. The number of aromatic nitrogens is 1. The molecule has 1 heterocycles. The van der Waals surface area contributed by atoms with Crippen molar-refractivity contribution in [2.75, 3.05) is 18.1 Å². The van der Waals surface area contributed by atoms with Crippen LogP contribution in [0.1, 0.15) is 18.4 Å². The summed E-state index contributed by atoms with van der Waals surface area (Å²) in [6.07, 6.45) is 6.63. The molecule has 3 heteroatoms. The molecule has 1 aliphatic rings. The summed E-state index contributed by atoms with van der Waals surface area (Å²) in [5.41, 5.74) is 1.32. The Morgan fingerprint density at radius 2 is 2.13 bits per heavy atom. The first kappa shape index (κ1) is 11.0. The van der Waals surface area contributed by atoms with Crippen molar-refractivity contribution in [3.8, 4) is 0 Å². The number of nitrogens with one attached hydrogen (secondary N) is 1. The standard InChI is InChI=1S/C12H18N2S/c1-2-12(1)10-15-8-7-14-9-11-3-5-13-6-4-11/h3-6,12,14H,1-2,7-10H2. The second-order valence-electron chi connectivity index (χ2n) is 4.05. The van der Waals surface area contributed by atoms with Crippen LogP contribution < -0.4 is 5.32 Å². The quantitative estimate of drug-likeness (QED) is 0.717. The molecule has 0 aromatic carbocycles. The van der Waals surface area contributed by atoms with E-state index in [0.717, 1.165) is 19.0 Å². The van der Waals surface area contributed by atoms with Gasteiger partial charge in [-0.2, -0.15) is 11.8 Å². The van der Waals surface area contributed by atoms with E-state index in [1.807, 2.05) is 12.4 Å². The third-order valence-electron chi connectivity index (χ3n) is 2.55. The van der Waals surface area contributed by atoms with E-state index < -0.39 is 0 Å². The van der Waals surface area contributed by atoms with Gasteiger partial charge in [-0.3, -0.25) is 4.98 Å². The van der Waals surface area contributed by atoms with Gasteiger partial charge in [0, 0.05) is 31.2 Å². The van der Waals surface area contributed by atoms with Gasteiger partial charge in [0.2, 0.25) is 0 Å². The van der Waals surface area contributed by atoms with Gasteiger partial charge in [-0.05, 0) is 42.2 Å². The molecular weight excluding hydrogens is 204 g/mol. The average Bonchev–Trinajstić information content (AvgIpc) is 3.09. The molecule has 1 aromatic rings. The van der Waals surface area contributed by atoms with Crippen molar-refractivity contribution in [3.05, 3.63) is 30.1 Å². The fourth-order valence-corrected chi connectivity index (χ4v) is 2.53. The number of hydrogen-bond donors (Lipinski definition) is 1. The van der Waals surface area contributed by atoms with Crippen LogP contribution in [0.5, 0.6) is 0 Å². The second-order valence-corrected chi connectivity index (χ2v) is 5.20. The molecule has 0 amide bonds. The van der Waals surface area contributed by atoms with Crippen molar-refractivity contribution < 1.29 is 0 Å². The van der Waals surface area contributed by atoms with Crippen LogP contribution in [-0.4, -0.2) is 23.0 Å². The summed E-state index contributed by atoms with van der Waals surface area (Å²) >= 11 is 2.08. The monoisotopic (exact) mass is 222 g/mol. The number of thioether (sulfide) groups is 1.